The molecular formula is C19H24ClN. The van der Waals surface area contributed by atoms with E-state index in [1.54, 1.807) is 0 Å². The predicted molar refractivity (Wildman–Crippen MR) is 92.1 cm³/mol. The van der Waals surface area contributed by atoms with Crippen molar-refractivity contribution >= 4 is 11.6 Å². The molecule has 0 aliphatic rings. The summed E-state index contributed by atoms with van der Waals surface area (Å²) in [5.74, 6) is 0.449. The van der Waals surface area contributed by atoms with E-state index in [2.05, 4.69) is 67.7 Å². The summed E-state index contributed by atoms with van der Waals surface area (Å²) in [5.41, 5.74) is 3.77. The number of aryl methyl sites for hydroxylation is 1. The standard InChI is InChI=1S/C19H24ClN/c1-4-17(15-9-7-6-8-10-15)19(21-5-2)16-12-11-14(3)18(20)13-16/h6-13,17,19,21H,4-5H2,1-3H3. The normalized spacial score (nSPS) is 13.9. The average Bonchev–Trinajstić information content (AvgIpc) is 2.51. The summed E-state index contributed by atoms with van der Waals surface area (Å²) in [6.45, 7) is 7.39. The third kappa shape index (κ3) is 3.87. The summed E-state index contributed by atoms with van der Waals surface area (Å²) in [7, 11) is 0. The fraction of sp³-hybridized carbons (Fsp3) is 0.368. The van der Waals surface area contributed by atoms with Gasteiger partial charge < -0.3 is 5.32 Å². The van der Waals surface area contributed by atoms with E-state index in [0.29, 0.717) is 12.0 Å². The minimum atomic E-state index is 0.292. The Kier molecular flexibility index (Phi) is 5.84. The first kappa shape index (κ1) is 16.1. The second-order valence-electron chi connectivity index (χ2n) is 5.47. The Morgan fingerprint density at radius 1 is 1.00 bits per heavy atom. The lowest BCUT2D eigenvalue weighted by Crippen LogP contribution is -2.27. The highest BCUT2D eigenvalue weighted by Gasteiger charge is 2.22. The number of hydrogen-bond acceptors (Lipinski definition) is 1. The summed E-state index contributed by atoms with van der Waals surface area (Å²) in [6, 6.07) is 17.4. The molecule has 2 aromatic carbocycles. The zero-order valence-corrected chi connectivity index (χ0v) is 13.8. The van der Waals surface area contributed by atoms with Gasteiger partial charge >= 0.3 is 0 Å². The van der Waals surface area contributed by atoms with Crippen molar-refractivity contribution < 1.29 is 0 Å². The number of benzene rings is 2. The maximum Gasteiger partial charge on any atom is 0.0438 e. The first-order chi connectivity index (χ1) is 10.2. The van der Waals surface area contributed by atoms with Crippen molar-refractivity contribution in [2.75, 3.05) is 6.54 Å². The molecule has 2 atom stereocenters. The topological polar surface area (TPSA) is 12.0 Å². The molecule has 0 bridgehead atoms. The second-order valence-corrected chi connectivity index (χ2v) is 5.88. The van der Waals surface area contributed by atoms with Gasteiger partial charge in [0, 0.05) is 17.0 Å². The van der Waals surface area contributed by atoms with Crippen molar-refractivity contribution in [3.8, 4) is 0 Å². The van der Waals surface area contributed by atoms with Crippen LogP contribution in [0.2, 0.25) is 5.02 Å². The zero-order chi connectivity index (χ0) is 15.2. The number of likely N-dealkylation sites (N-methyl/N-ethyl adjacent to an activating group) is 1. The van der Waals surface area contributed by atoms with Crippen LogP contribution in [0.15, 0.2) is 48.5 Å². The maximum atomic E-state index is 6.32. The number of rotatable bonds is 6. The number of nitrogens with one attached hydrogen (secondary N) is 1. The van der Waals surface area contributed by atoms with E-state index >= 15 is 0 Å². The van der Waals surface area contributed by atoms with Crippen LogP contribution in [0.3, 0.4) is 0 Å². The molecule has 2 aromatic rings. The molecule has 0 aliphatic carbocycles. The van der Waals surface area contributed by atoms with Crippen molar-refractivity contribution in [2.45, 2.75) is 39.2 Å². The first-order valence-electron chi connectivity index (χ1n) is 7.71. The lowest BCUT2D eigenvalue weighted by Gasteiger charge is -2.28. The van der Waals surface area contributed by atoms with Crippen molar-refractivity contribution in [3.63, 3.8) is 0 Å². The Hall–Kier alpha value is -1.31. The van der Waals surface area contributed by atoms with Gasteiger partial charge in [-0.25, -0.2) is 0 Å². The fourth-order valence-electron chi connectivity index (χ4n) is 2.88. The van der Waals surface area contributed by atoms with Gasteiger partial charge in [0.05, 0.1) is 0 Å². The number of hydrogen-bond donors (Lipinski definition) is 1. The van der Waals surface area contributed by atoms with Gasteiger partial charge in [0.1, 0.15) is 0 Å². The maximum absolute atomic E-state index is 6.32. The SMILES string of the molecule is CCNC(c1ccc(C)c(Cl)c1)C(CC)c1ccccc1. The molecule has 0 aliphatic heterocycles. The van der Waals surface area contributed by atoms with Crippen LogP contribution in [0.1, 0.15) is 48.9 Å². The molecule has 2 heteroatoms. The highest BCUT2D eigenvalue weighted by Crippen LogP contribution is 2.35. The van der Waals surface area contributed by atoms with Crippen LogP contribution in [-0.2, 0) is 0 Å². The third-order valence-electron chi connectivity index (χ3n) is 4.05. The molecule has 0 saturated heterocycles. The summed E-state index contributed by atoms with van der Waals surface area (Å²) in [6.07, 6.45) is 1.09. The summed E-state index contributed by atoms with van der Waals surface area (Å²) in [4.78, 5) is 0. The van der Waals surface area contributed by atoms with Crippen LogP contribution in [-0.4, -0.2) is 6.54 Å². The van der Waals surface area contributed by atoms with Gasteiger partial charge in [-0.2, -0.15) is 0 Å². The molecule has 0 amide bonds. The molecule has 21 heavy (non-hydrogen) atoms. The predicted octanol–water partition coefficient (Wildman–Crippen LogP) is 5.49. The summed E-state index contributed by atoms with van der Waals surface area (Å²) >= 11 is 6.32. The molecule has 112 valence electrons. The summed E-state index contributed by atoms with van der Waals surface area (Å²) in [5, 5.41) is 4.48. The van der Waals surface area contributed by atoms with Gasteiger partial charge in [-0.3, -0.25) is 0 Å². The van der Waals surface area contributed by atoms with E-state index in [-0.39, 0.29) is 0 Å². The third-order valence-corrected chi connectivity index (χ3v) is 4.46. The molecule has 0 fully saturated rings. The van der Waals surface area contributed by atoms with E-state index in [9.17, 15) is 0 Å². The van der Waals surface area contributed by atoms with Crippen LogP contribution in [0.4, 0.5) is 0 Å². The van der Waals surface area contributed by atoms with E-state index in [4.69, 9.17) is 11.6 Å². The van der Waals surface area contributed by atoms with Gasteiger partial charge in [-0.15, -0.1) is 0 Å². The minimum Gasteiger partial charge on any atom is -0.310 e. The van der Waals surface area contributed by atoms with Gasteiger partial charge in [0.2, 0.25) is 0 Å². The second kappa shape index (κ2) is 7.63. The molecule has 0 heterocycles. The zero-order valence-electron chi connectivity index (χ0n) is 13.1. The Labute approximate surface area is 133 Å². The van der Waals surface area contributed by atoms with E-state index < -0.39 is 0 Å². The van der Waals surface area contributed by atoms with E-state index in [1.807, 2.05) is 6.92 Å². The van der Waals surface area contributed by atoms with Crippen molar-refractivity contribution in [2.24, 2.45) is 0 Å². The molecule has 2 unspecified atom stereocenters. The Morgan fingerprint density at radius 2 is 1.71 bits per heavy atom. The number of halogens is 1. The highest BCUT2D eigenvalue weighted by molar-refractivity contribution is 6.31. The molecule has 0 radical (unpaired) electrons. The molecule has 0 saturated carbocycles. The quantitative estimate of drug-likeness (QED) is 0.743. The van der Waals surface area contributed by atoms with Crippen LogP contribution >= 0.6 is 11.6 Å². The van der Waals surface area contributed by atoms with Crippen LogP contribution < -0.4 is 5.32 Å². The van der Waals surface area contributed by atoms with Gasteiger partial charge in [-0.05, 0) is 42.6 Å². The van der Waals surface area contributed by atoms with Gasteiger partial charge in [-0.1, -0.05) is 67.9 Å². The van der Waals surface area contributed by atoms with E-state index in [0.717, 1.165) is 23.6 Å². The smallest absolute Gasteiger partial charge is 0.0438 e. The van der Waals surface area contributed by atoms with Crippen LogP contribution in [0.5, 0.6) is 0 Å². The minimum absolute atomic E-state index is 0.292. The highest BCUT2D eigenvalue weighted by atomic mass is 35.5. The molecule has 0 aromatic heterocycles. The van der Waals surface area contributed by atoms with Crippen LogP contribution in [0, 0.1) is 6.92 Å². The molecule has 2 rings (SSSR count). The fourth-order valence-corrected chi connectivity index (χ4v) is 3.07. The first-order valence-corrected chi connectivity index (χ1v) is 8.09. The Bertz CT molecular complexity index is 565. The Balaban J connectivity index is 2.38. The lowest BCUT2D eigenvalue weighted by molar-refractivity contribution is 0.445. The van der Waals surface area contributed by atoms with Gasteiger partial charge in [0.25, 0.3) is 0 Å². The molecule has 1 nitrogen and oxygen atoms in total. The molecule has 0 spiro atoms. The largest absolute Gasteiger partial charge is 0.310 e. The Morgan fingerprint density at radius 3 is 2.29 bits per heavy atom. The monoisotopic (exact) mass is 301 g/mol. The molecule has 1 N–H and O–H groups in total. The van der Waals surface area contributed by atoms with Crippen molar-refractivity contribution in [1.29, 1.82) is 0 Å². The average molecular weight is 302 g/mol. The van der Waals surface area contributed by atoms with Crippen molar-refractivity contribution in [1.82, 2.24) is 5.32 Å². The van der Waals surface area contributed by atoms with Gasteiger partial charge in [0.15, 0.2) is 0 Å². The van der Waals surface area contributed by atoms with Crippen molar-refractivity contribution in [3.05, 3.63) is 70.2 Å². The lowest BCUT2D eigenvalue weighted by atomic mass is 9.85. The van der Waals surface area contributed by atoms with Crippen LogP contribution in [0.25, 0.3) is 0 Å². The van der Waals surface area contributed by atoms with E-state index in [1.165, 1.54) is 11.1 Å². The molecular weight excluding hydrogens is 278 g/mol. The summed E-state index contributed by atoms with van der Waals surface area (Å²) < 4.78 is 0.